The van der Waals surface area contributed by atoms with Crippen molar-refractivity contribution >= 4 is 10.0 Å². The molecule has 0 bridgehead atoms. The van der Waals surface area contributed by atoms with Crippen molar-refractivity contribution in [2.24, 2.45) is 0 Å². The van der Waals surface area contributed by atoms with Crippen LogP contribution in [-0.4, -0.2) is 35.5 Å². The molecular weight excluding hydrogens is 250 g/mol. The Morgan fingerprint density at radius 2 is 1.83 bits per heavy atom. The van der Waals surface area contributed by atoms with Crippen molar-refractivity contribution in [2.45, 2.75) is 39.2 Å². The van der Waals surface area contributed by atoms with Gasteiger partial charge in [0.25, 0.3) is 0 Å². The van der Waals surface area contributed by atoms with Crippen LogP contribution in [0.3, 0.4) is 0 Å². The Bertz CT molecular complexity index is 550. The summed E-state index contributed by atoms with van der Waals surface area (Å²) in [6.45, 7) is 6.27. The molecule has 18 heavy (non-hydrogen) atoms. The van der Waals surface area contributed by atoms with Crippen molar-refractivity contribution in [3.8, 4) is 0 Å². The van der Waals surface area contributed by atoms with Gasteiger partial charge in [-0.1, -0.05) is 0 Å². The minimum atomic E-state index is -3.23. The lowest BCUT2D eigenvalue weighted by Gasteiger charge is -2.32. The van der Waals surface area contributed by atoms with Gasteiger partial charge in [0, 0.05) is 17.9 Å². The zero-order valence-corrected chi connectivity index (χ0v) is 12.1. The first kappa shape index (κ1) is 13.4. The quantitative estimate of drug-likeness (QED) is 0.813. The predicted molar refractivity (Wildman–Crippen MR) is 69.6 cm³/mol. The smallest absolute Gasteiger partial charge is 0.212 e. The van der Waals surface area contributed by atoms with E-state index in [0.29, 0.717) is 12.4 Å². The van der Waals surface area contributed by atoms with Crippen molar-refractivity contribution in [1.29, 1.82) is 0 Å². The van der Waals surface area contributed by atoms with Gasteiger partial charge in [-0.15, -0.1) is 0 Å². The monoisotopic (exact) mass is 269 g/mol. The van der Waals surface area contributed by atoms with Gasteiger partial charge in [-0.3, -0.25) is 0 Å². The molecule has 0 aromatic carbocycles. The zero-order chi connectivity index (χ0) is 13.6. The highest BCUT2D eigenvalue weighted by Crippen LogP contribution is 2.38. The van der Waals surface area contributed by atoms with Crippen molar-refractivity contribution < 1.29 is 8.42 Å². The van der Waals surface area contributed by atoms with E-state index in [9.17, 15) is 8.42 Å². The molecule has 100 valence electrons. The van der Waals surface area contributed by atoms with E-state index in [-0.39, 0.29) is 0 Å². The van der Waals surface area contributed by atoms with E-state index >= 15 is 0 Å². The second-order valence-electron chi connectivity index (χ2n) is 5.19. The van der Waals surface area contributed by atoms with Crippen molar-refractivity contribution in [2.75, 3.05) is 12.8 Å². The van der Waals surface area contributed by atoms with Crippen LogP contribution in [0.4, 0.5) is 0 Å². The first-order valence-electron chi connectivity index (χ1n) is 6.04. The van der Waals surface area contributed by atoms with Crippen LogP contribution in [0.1, 0.15) is 37.0 Å². The molecule has 1 aliphatic heterocycles. The third-order valence-electron chi connectivity index (χ3n) is 3.44. The van der Waals surface area contributed by atoms with Crippen molar-refractivity contribution in [1.82, 2.24) is 14.3 Å². The van der Waals surface area contributed by atoms with Crippen molar-refractivity contribution in [3.05, 3.63) is 23.3 Å². The van der Waals surface area contributed by atoms with E-state index < -0.39 is 15.6 Å². The molecule has 0 N–H and O–H groups in total. The number of aryl methyl sites for hydroxylation is 2. The first-order chi connectivity index (χ1) is 8.23. The highest BCUT2D eigenvalue weighted by molar-refractivity contribution is 7.88. The molecule has 0 radical (unpaired) electrons. The van der Waals surface area contributed by atoms with Crippen LogP contribution >= 0.6 is 0 Å². The molecule has 0 aliphatic carbocycles. The Morgan fingerprint density at radius 3 is 2.33 bits per heavy atom. The fraction of sp³-hybridized carbons (Fsp3) is 0.667. The van der Waals surface area contributed by atoms with Gasteiger partial charge < -0.3 is 0 Å². The van der Waals surface area contributed by atoms with Gasteiger partial charge in [0.1, 0.15) is 5.82 Å². The maximum atomic E-state index is 11.9. The Kier molecular flexibility index (Phi) is 3.19. The third-order valence-corrected chi connectivity index (χ3v) is 4.83. The Balaban J connectivity index is 2.53. The largest absolute Gasteiger partial charge is 0.236 e. The van der Waals surface area contributed by atoms with Crippen LogP contribution in [0, 0.1) is 13.8 Å². The Hall–Kier alpha value is -1.01. The average molecular weight is 269 g/mol. The molecule has 5 nitrogen and oxygen atoms in total. The minimum absolute atomic E-state index is 0.547. The summed E-state index contributed by atoms with van der Waals surface area (Å²) in [5.41, 5.74) is 1.14. The molecule has 1 aromatic heterocycles. The number of sulfonamides is 1. The van der Waals surface area contributed by atoms with Gasteiger partial charge in [-0.05, 0) is 39.7 Å². The van der Waals surface area contributed by atoms with Gasteiger partial charge in [0.15, 0.2) is 0 Å². The van der Waals surface area contributed by atoms with Gasteiger partial charge in [0.2, 0.25) is 10.0 Å². The number of hydrogen-bond acceptors (Lipinski definition) is 4. The maximum Gasteiger partial charge on any atom is 0.212 e. The van der Waals surface area contributed by atoms with E-state index in [0.717, 1.165) is 24.2 Å². The van der Waals surface area contributed by atoms with Crippen LogP contribution in [0.2, 0.25) is 0 Å². The lowest BCUT2D eigenvalue weighted by Crippen LogP contribution is -2.43. The van der Waals surface area contributed by atoms with Gasteiger partial charge >= 0.3 is 0 Å². The summed E-state index contributed by atoms with van der Waals surface area (Å²) in [5.74, 6) is 0.614. The fourth-order valence-electron chi connectivity index (χ4n) is 2.66. The van der Waals surface area contributed by atoms with Gasteiger partial charge in [-0.2, -0.15) is 4.31 Å². The summed E-state index contributed by atoms with van der Waals surface area (Å²) in [6, 6.07) is 1.90. The van der Waals surface area contributed by atoms with E-state index in [2.05, 4.69) is 9.97 Å². The molecule has 0 spiro atoms. The second kappa shape index (κ2) is 4.28. The summed E-state index contributed by atoms with van der Waals surface area (Å²) >= 11 is 0. The summed E-state index contributed by atoms with van der Waals surface area (Å²) < 4.78 is 25.2. The molecule has 0 saturated carbocycles. The van der Waals surface area contributed by atoms with Crippen LogP contribution in [0.15, 0.2) is 6.07 Å². The lowest BCUT2D eigenvalue weighted by molar-refractivity contribution is 0.256. The molecule has 1 atom stereocenters. The Morgan fingerprint density at radius 1 is 1.28 bits per heavy atom. The van der Waals surface area contributed by atoms with Gasteiger partial charge in [-0.25, -0.2) is 18.4 Å². The number of aromatic nitrogens is 2. The molecule has 0 amide bonds. The highest BCUT2D eigenvalue weighted by Gasteiger charge is 2.45. The summed E-state index contributed by atoms with van der Waals surface area (Å²) in [5, 5.41) is 0. The van der Waals surface area contributed by atoms with E-state index in [1.54, 1.807) is 0 Å². The molecule has 1 aliphatic rings. The van der Waals surface area contributed by atoms with E-state index in [1.807, 2.05) is 26.8 Å². The SMILES string of the molecule is Cc1cc(C)nc([C@]2(C)CCCN2S(C)(=O)=O)n1. The summed E-state index contributed by atoms with van der Waals surface area (Å²) in [6.07, 6.45) is 2.86. The molecule has 1 aromatic rings. The molecule has 6 heteroatoms. The van der Waals surface area contributed by atoms with Crippen LogP contribution in [0.5, 0.6) is 0 Å². The highest BCUT2D eigenvalue weighted by atomic mass is 32.2. The normalized spacial score (nSPS) is 25.6. The van der Waals surface area contributed by atoms with Crippen LogP contribution < -0.4 is 0 Å². The molecule has 2 heterocycles. The fourth-order valence-corrected chi connectivity index (χ4v) is 4.03. The number of rotatable bonds is 2. The zero-order valence-electron chi connectivity index (χ0n) is 11.3. The molecular formula is C12H19N3O2S. The molecule has 1 saturated heterocycles. The van der Waals surface area contributed by atoms with E-state index in [1.165, 1.54) is 10.6 Å². The first-order valence-corrected chi connectivity index (χ1v) is 7.89. The van der Waals surface area contributed by atoms with Gasteiger partial charge in [0.05, 0.1) is 11.8 Å². The second-order valence-corrected chi connectivity index (χ2v) is 7.09. The maximum absolute atomic E-state index is 11.9. The minimum Gasteiger partial charge on any atom is -0.236 e. The van der Waals surface area contributed by atoms with E-state index in [4.69, 9.17) is 0 Å². The van der Waals surface area contributed by atoms with Crippen LogP contribution in [0.25, 0.3) is 0 Å². The lowest BCUT2D eigenvalue weighted by atomic mass is 9.99. The average Bonchev–Trinajstić information content (AvgIpc) is 2.59. The molecule has 0 unspecified atom stereocenters. The van der Waals surface area contributed by atoms with Crippen molar-refractivity contribution in [3.63, 3.8) is 0 Å². The number of nitrogens with zero attached hydrogens (tertiary/aromatic N) is 3. The predicted octanol–water partition coefficient (Wildman–Crippen LogP) is 1.36. The topological polar surface area (TPSA) is 63.2 Å². The molecule has 1 fully saturated rings. The standard InChI is InChI=1S/C12H19N3O2S/c1-9-8-10(2)14-11(13-9)12(3)6-5-7-15(12)18(4,16)17/h8H,5-7H2,1-4H3/t12-/m0/s1. The molecule has 2 rings (SSSR count). The third kappa shape index (κ3) is 2.27. The number of hydrogen-bond donors (Lipinski definition) is 0. The Labute approximate surface area is 108 Å². The summed E-state index contributed by atoms with van der Waals surface area (Å²) in [4.78, 5) is 8.87. The summed E-state index contributed by atoms with van der Waals surface area (Å²) in [7, 11) is -3.23. The van der Waals surface area contributed by atoms with Crippen LogP contribution in [-0.2, 0) is 15.6 Å².